The van der Waals surface area contributed by atoms with Gasteiger partial charge in [-0.3, -0.25) is 9.88 Å². The third kappa shape index (κ3) is 5.29. The molecular weight excluding hydrogens is 262 g/mol. The fourth-order valence-electron chi connectivity index (χ4n) is 3.08. The summed E-state index contributed by atoms with van der Waals surface area (Å²) in [6.07, 6.45) is 2.59. The number of hydrogen-bond acceptors (Lipinski definition) is 4. The van der Waals surface area contributed by atoms with E-state index in [1.165, 1.54) is 12.8 Å². The highest BCUT2D eigenvalue weighted by Crippen LogP contribution is 2.16. The molecule has 1 aromatic rings. The third-order valence-electron chi connectivity index (χ3n) is 3.87. The van der Waals surface area contributed by atoms with E-state index in [2.05, 4.69) is 35.1 Å². The van der Waals surface area contributed by atoms with Gasteiger partial charge in [0.1, 0.15) is 5.75 Å². The Hall–Kier alpha value is -1.13. The van der Waals surface area contributed by atoms with Gasteiger partial charge in [0.05, 0.1) is 12.8 Å². The molecule has 0 amide bonds. The van der Waals surface area contributed by atoms with Gasteiger partial charge in [0.2, 0.25) is 0 Å². The molecule has 1 N–H and O–H groups in total. The first-order valence-electron chi connectivity index (χ1n) is 8.04. The van der Waals surface area contributed by atoms with E-state index in [1.54, 1.807) is 7.11 Å². The Labute approximate surface area is 128 Å². The number of hydrogen-bond donors (Lipinski definition) is 1. The van der Waals surface area contributed by atoms with E-state index >= 15 is 0 Å². The summed E-state index contributed by atoms with van der Waals surface area (Å²) < 4.78 is 5.36. The van der Waals surface area contributed by atoms with Crippen molar-refractivity contribution in [3.05, 3.63) is 23.5 Å². The molecule has 1 aliphatic heterocycles. The van der Waals surface area contributed by atoms with E-state index in [-0.39, 0.29) is 0 Å². The van der Waals surface area contributed by atoms with Crippen LogP contribution in [-0.2, 0) is 6.54 Å². The zero-order valence-electron chi connectivity index (χ0n) is 13.9. The monoisotopic (exact) mass is 291 g/mol. The second-order valence-corrected chi connectivity index (χ2v) is 6.52. The minimum atomic E-state index is 0.635. The lowest BCUT2D eigenvalue weighted by atomic mass is 10.1. The first kappa shape index (κ1) is 16.2. The molecule has 0 aromatic carbocycles. The van der Waals surface area contributed by atoms with Crippen LogP contribution in [0.15, 0.2) is 12.1 Å². The number of aryl methyl sites for hydroxylation is 1. The number of ether oxygens (including phenoxy) is 1. The van der Waals surface area contributed by atoms with Crippen LogP contribution in [-0.4, -0.2) is 42.7 Å². The molecule has 1 unspecified atom stereocenters. The van der Waals surface area contributed by atoms with Crippen molar-refractivity contribution >= 4 is 0 Å². The molecule has 0 aliphatic carbocycles. The maximum atomic E-state index is 5.36. The molecule has 0 saturated carbocycles. The minimum Gasteiger partial charge on any atom is -0.497 e. The lowest BCUT2D eigenvalue weighted by molar-refractivity contribution is 0.213. The standard InChI is InChI=1S/C17H29N3O/c1-13(2)10-20(11-15-6-5-7-18-15)12-16-9-17(21-4)8-14(3)19-16/h8-9,13,15,18H,5-7,10-12H2,1-4H3. The smallest absolute Gasteiger partial charge is 0.122 e. The molecule has 0 bridgehead atoms. The average molecular weight is 291 g/mol. The van der Waals surface area contributed by atoms with Crippen LogP contribution in [0.3, 0.4) is 0 Å². The molecule has 1 atom stereocenters. The van der Waals surface area contributed by atoms with E-state index < -0.39 is 0 Å². The summed E-state index contributed by atoms with van der Waals surface area (Å²) in [5.41, 5.74) is 2.12. The van der Waals surface area contributed by atoms with Crippen LogP contribution in [0.5, 0.6) is 5.75 Å². The van der Waals surface area contributed by atoms with Gasteiger partial charge in [0.15, 0.2) is 0 Å². The van der Waals surface area contributed by atoms with E-state index in [9.17, 15) is 0 Å². The highest BCUT2D eigenvalue weighted by Gasteiger charge is 2.19. The number of nitrogens with one attached hydrogen (secondary N) is 1. The second-order valence-electron chi connectivity index (χ2n) is 6.52. The van der Waals surface area contributed by atoms with Crippen LogP contribution in [0.25, 0.3) is 0 Å². The molecule has 1 fully saturated rings. The van der Waals surface area contributed by atoms with Crippen molar-refractivity contribution in [3.8, 4) is 5.75 Å². The van der Waals surface area contributed by atoms with Crippen LogP contribution in [0.2, 0.25) is 0 Å². The Bertz CT molecular complexity index is 442. The normalized spacial score (nSPS) is 18.7. The van der Waals surface area contributed by atoms with Crippen molar-refractivity contribution < 1.29 is 4.74 Å². The van der Waals surface area contributed by atoms with Crippen LogP contribution < -0.4 is 10.1 Å². The molecule has 118 valence electrons. The van der Waals surface area contributed by atoms with Crippen molar-refractivity contribution in [2.24, 2.45) is 5.92 Å². The zero-order valence-corrected chi connectivity index (χ0v) is 13.9. The van der Waals surface area contributed by atoms with Gasteiger partial charge >= 0.3 is 0 Å². The molecule has 2 heterocycles. The summed E-state index contributed by atoms with van der Waals surface area (Å²) in [6.45, 7) is 10.9. The van der Waals surface area contributed by atoms with Gasteiger partial charge < -0.3 is 10.1 Å². The second kappa shape index (κ2) is 7.76. The van der Waals surface area contributed by atoms with E-state index in [0.29, 0.717) is 12.0 Å². The number of rotatable bonds is 7. The van der Waals surface area contributed by atoms with Crippen LogP contribution >= 0.6 is 0 Å². The van der Waals surface area contributed by atoms with Crippen LogP contribution in [0.4, 0.5) is 0 Å². The molecule has 1 aromatic heterocycles. The highest BCUT2D eigenvalue weighted by molar-refractivity contribution is 5.26. The van der Waals surface area contributed by atoms with Crippen molar-refractivity contribution in [2.45, 2.75) is 46.2 Å². The predicted molar refractivity (Wildman–Crippen MR) is 86.7 cm³/mol. The molecule has 4 heteroatoms. The fraction of sp³-hybridized carbons (Fsp3) is 0.706. The minimum absolute atomic E-state index is 0.635. The molecular formula is C17H29N3O. The summed E-state index contributed by atoms with van der Waals surface area (Å²) in [6, 6.07) is 4.67. The van der Waals surface area contributed by atoms with Gasteiger partial charge in [-0.1, -0.05) is 13.8 Å². The Morgan fingerprint density at radius 3 is 2.86 bits per heavy atom. The van der Waals surface area contributed by atoms with Gasteiger partial charge in [0.25, 0.3) is 0 Å². The van der Waals surface area contributed by atoms with Crippen molar-refractivity contribution in [1.29, 1.82) is 0 Å². The Balaban J connectivity index is 2.04. The van der Waals surface area contributed by atoms with Crippen molar-refractivity contribution in [1.82, 2.24) is 15.2 Å². The van der Waals surface area contributed by atoms with Crippen molar-refractivity contribution in [3.63, 3.8) is 0 Å². The average Bonchev–Trinajstić information content (AvgIpc) is 2.90. The molecule has 0 spiro atoms. The predicted octanol–water partition coefficient (Wildman–Crippen LogP) is 2.61. The maximum Gasteiger partial charge on any atom is 0.122 e. The van der Waals surface area contributed by atoms with Crippen molar-refractivity contribution in [2.75, 3.05) is 26.7 Å². The summed E-state index contributed by atoms with van der Waals surface area (Å²) >= 11 is 0. The van der Waals surface area contributed by atoms with E-state index in [1.807, 2.05) is 13.0 Å². The summed E-state index contributed by atoms with van der Waals surface area (Å²) in [7, 11) is 1.72. The number of pyridine rings is 1. The zero-order chi connectivity index (χ0) is 15.2. The Morgan fingerprint density at radius 1 is 1.43 bits per heavy atom. The lowest BCUT2D eigenvalue weighted by Gasteiger charge is -2.27. The lowest BCUT2D eigenvalue weighted by Crippen LogP contribution is -2.39. The molecule has 21 heavy (non-hydrogen) atoms. The van der Waals surface area contributed by atoms with Gasteiger partial charge in [-0.05, 0) is 32.2 Å². The van der Waals surface area contributed by atoms with Gasteiger partial charge in [-0.15, -0.1) is 0 Å². The third-order valence-corrected chi connectivity index (χ3v) is 3.87. The highest BCUT2D eigenvalue weighted by atomic mass is 16.5. The van der Waals surface area contributed by atoms with E-state index in [4.69, 9.17) is 4.74 Å². The maximum absolute atomic E-state index is 5.36. The van der Waals surface area contributed by atoms with Gasteiger partial charge in [-0.25, -0.2) is 0 Å². The molecule has 1 aliphatic rings. The number of aromatic nitrogens is 1. The van der Waals surface area contributed by atoms with E-state index in [0.717, 1.165) is 43.3 Å². The number of nitrogens with zero attached hydrogens (tertiary/aromatic N) is 2. The molecule has 2 rings (SSSR count). The largest absolute Gasteiger partial charge is 0.497 e. The molecule has 0 radical (unpaired) electrons. The van der Waals surface area contributed by atoms with Gasteiger partial charge in [0, 0.05) is 43.5 Å². The summed E-state index contributed by atoms with van der Waals surface area (Å²) in [5.74, 6) is 1.57. The summed E-state index contributed by atoms with van der Waals surface area (Å²) in [4.78, 5) is 7.18. The topological polar surface area (TPSA) is 37.4 Å². The van der Waals surface area contributed by atoms with Crippen LogP contribution in [0, 0.1) is 12.8 Å². The first-order chi connectivity index (χ1) is 10.1. The fourth-order valence-corrected chi connectivity index (χ4v) is 3.08. The SMILES string of the molecule is COc1cc(C)nc(CN(CC(C)C)CC2CCCN2)c1. The quantitative estimate of drug-likeness (QED) is 0.838. The molecule has 1 saturated heterocycles. The summed E-state index contributed by atoms with van der Waals surface area (Å²) in [5, 5.41) is 3.59. The Kier molecular flexibility index (Phi) is 6.00. The Morgan fingerprint density at radius 2 is 2.24 bits per heavy atom. The first-order valence-corrected chi connectivity index (χ1v) is 8.04. The molecule has 4 nitrogen and oxygen atoms in total. The number of methoxy groups -OCH3 is 1. The van der Waals surface area contributed by atoms with Gasteiger partial charge in [-0.2, -0.15) is 0 Å². The van der Waals surface area contributed by atoms with Crippen LogP contribution in [0.1, 0.15) is 38.1 Å².